The van der Waals surface area contributed by atoms with Crippen LogP contribution in [-0.4, -0.2) is 32.0 Å². The quantitative estimate of drug-likeness (QED) is 0.147. The van der Waals surface area contributed by atoms with Gasteiger partial charge in [0.25, 0.3) is 0 Å². The molecule has 0 saturated heterocycles. The molecule has 0 aliphatic carbocycles. The summed E-state index contributed by atoms with van der Waals surface area (Å²) in [5, 5.41) is 24.0. The first kappa shape index (κ1) is 147. The fourth-order valence-electron chi connectivity index (χ4n) is 0. The molecule has 0 aromatic carbocycles. The van der Waals surface area contributed by atoms with Crippen molar-refractivity contribution in [2.24, 2.45) is 0 Å². The van der Waals surface area contributed by atoms with E-state index in [1.165, 1.54) is 0 Å². The van der Waals surface area contributed by atoms with E-state index in [9.17, 15) is 0 Å². The zero-order chi connectivity index (χ0) is 12.0. The average Bonchev–Trinajstić information content (AvgIpc) is 2.33. The number of hydrogen-bond acceptors (Lipinski definition) is 10. The van der Waals surface area contributed by atoms with E-state index in [-0.39, 0.29) is 100 Å². The monoisotopic (exact) mass is 783 g/mol. The summed E-state index contributed by atoms with van der Waals surface area (Å²) in [6.07, 6.45) is 0. The van der Waals surface area contributed by atoms with E-state index >= 15 is 0 Å². The second-order valence-electron chi connectivity index (χ2n) is 0. The van der Waals surface area contributed by atoms with Gasteiger partial charge in [-0.3, -0.25) is 21.0 Å². The van der Waals surface area contributed by atoms with Gasteiger partial charge in [-0.15, -0.1) is 0 Å². The topological polar surface area (TPSA) is 246 Å². The Bertz CT molecular complexity index is 35.1. The molecular formula is C3H20Ag5O12. The van der Waals surface area contributed by atoms with Crippen molar-refractivity contribution in [1.29, 1.82) is 0 Å². The first-order valence-electron chi connectivity index (χ1n) is 0.980. The van der Waals surface area contributed by atoms with E-state index in [1.54, 1.807) is 42.1 Å². The number of rotatable bonds is 0. The molecule has 0 amide bonds. The molecule has 12 nitrogen and oxygen atoms in total. The van der Waals surface area contributed by atoms with Crippen LogP contribution < -0.4 is 0 Å². The standard InChI is InChI=1S/3CH4.5Ag.2H2O2.2O2.2H2O.2O/c;;;;;;;;4*1-2;;;;/h3*1H4;;;;;;2*1-2H;;;2*1H2;;. The summed E-state index contributed by atoms with van der Waals surface area (Å²) < 4.78 is 16.1. The molecule has 0 saturated carbocycles. The molecule has 0 aliphatic heterocycles. The van der Waals surface area contributed by atoms with Crippen molar-refractivity contribution in [3.63, 3.8) is 0 Å². The Morgan fingerprint density at radius 3 is 0.450 bits per heavy atom. The molecule has 0 bridgehead atoms. The first-order chi connectivity index (χ1) is 6.00. The molecule has 0 aliphatic rings. The van der Waals surface area contributed by atoms with Gasteiger partial charge < -0.3 is 11.0 Å². The van der Waals surface area contributed by atoms with Gasteiger partial charge in [-0.05, 0) is 0 Å². The molecule has 17 heteroatoms. The van der Waals surface area contributed by atoms with Crippen molar-refractivity contribution in [1.82, 2.24) is 0 Å². The van der Waals surface area contributed by atoms with E-state index in [2.05, 4.69) is 0 Å². The molecule has 0 fully saturated rings. The zero-order valence-corrected chi connectivity index (χ0v) is 14.2. The van der Waals surface area contributed by atoms with E-state index in [1.807, 2.05) is 0 Å². The van der Waals surface area contributed by atoms with Crippen LogP contribution in [0.25, 0.3) is 0 Å². The third kappa shape index (κ3) is 1470. The Morgan fingerprint density at radius 2 is 0.450 bits per heavy atom. The zero-order valence-electron chi connectivity index (χ0n) is 6.75. The van der Waals surface area contributed by atoms with Crippen LogP contribution in [-0.2, 0) is 116 Å². The van der Waals surface area contributed by atoms with E-state index < -0.39 is 0 Å². The SMILES string of the molecule is C.C.C.O.O.O=O.O=O.OO.OO.[Ag].[Ag].[Ag].[O]=[Ag].[O]=[Ag]. The molecule has 0 rings (SSSR count). The molecular weight excluding hydrogens is 767 g/mol. The van der Waals surface area contributed by atoms with Crippen LogP contribution in [0.15, 0.2) is 0 Å². The summed E-state index contributed by atoms with van der Waals surface area (Å²) in [6.45, 7) is 0. The van der Waals surface area contributed by atoms with E-state index in [4.69, 9.17) is 47.4 Å². The van der Waals surface area contributed by atoms with Gasteiger partial charge in [0.05, 0.1) is 0 Å². The van der Waals surface area contributed by atoms with Crippen molar-refractivity contribution in [3.8, 4) is 0 Å². The second kappa shape index (κ2) is 1710. The second-order valence-corrected chi connectivity index (χ2v) is 0. The van der Waals surface area contributed by atoms with Gasteiger partial charge in [-0.1, -0.05) is 22.3 Å². The van der Waals surface area contributed by atoms with Crippen molar-refractivity contribution in [3.05, 3.63) is 19.9 Å². The normalized spacial score (nSPS) is 1.60. The molecule has 159 valence electrons. The molecule has 8 N–H and O–H groups in total. The fourth-order valence-corrected chi connectivity index (χ4v) is 0. The predicted molar refractivity (Wildman–Crippen MR) is 52.8 cm³/mol. The summed E-state index contributed by atoms with van der Waals surface area (Å²) in [5.74, 6) is 0. The van der Waals surface area contributed by atoms with Gasteiger partial charge in [0.15, 0.2) is 0 Å². The minimum absolute atomic E-state index is 0. The fraction of sp³-hybridized carbons (Fsp3) is 1.00. The Kier molecular flexibility index (Phi) is 12600. The van der Waals surface area contributed by atoms with Gasteiger partial charge in [-0.2, -0.15) is 0 Å². The maximum atomic E-state index is 8.06. The van der Waals surface area contributed by atoms with Crippen molar-refractivity contribution in [2.75, 3.05) is 0 Å². The molecule has 0 atom stereocenters. The molecule has 0 heterocycles. The summed E-state index contributed by atoms with van der Waals surface area (Å²) in [6, 6.07) is 0. The first-order valence-corrected chi connectivity index (χ1v) is 2.19. The van der Waals surface area contributed by atoms with Crippen LogP contribution in [0.3, 0.4) is 0 Å². The van der Waals surface area contributed by atoms with Crippen LogP contribution in [0.2, 0.25) is 0 Å². The summed E-state index contributed by atoms with van der Waals surface area (Å²) in [5.41, 5.74) is 0. The summed E-state index contributed by atoms with van der Waals surface area (Å²) in [7, 11) is 0. The van der Waals surface area contributed by atoms with Crippen molar-refractivity contribution < 1.29 is 148 Å². The average molecular weight is 788 g/mol. The summed E-state index contributed by atoms with van der Waals surface area (Å²) in [4.78, 5) is 28.0. The van der Waals surface area contributed by atoms with Crippen LogP contribution in [0.1, 0.15) is 22.3 Å². The number of hydrogen-bond donors (Lipinski definition) is 4. The van der Waals surface area contributed by atoms with E-state index in [0.717, 1.165) is 0 Å². The third-order valence-corrected chi connectivity index (χ3v) is 0. The van der Waals surface area contributed by atoms with Gasteiger partial charge in [0.1, 0.15) is 0 Å². The summed E-state index contributed by atoms with van der Waals surface area (Å²) >= 11 is 3.40. The van der Waals surface area contributed by atoms with Crippen LogP contribution in [0.4, 0.5) is 0 Å². The van der Waals surface area contributed by atoms with Crippen LogP contribution >= 0.6 is 0 Å². The minimum atomic E-state index is 0. The van der Waals surface area contributed by atoms with Crippen LogP contribution in [0, 0.1) is 19.9 Å². The predicted octanol–water partition coefficient (Wildman–Crippen LogP) is 0.178. The third-order valence-electron chi connectivity index (χ3n) is 0. The Labute approximate surface area is 187 Å². The Hall–Kier alpha value is 2.26. The molecule has 0 aromatic heterocycles. The molecule has 0 spiro atoms. The molecule has 0 unspecified atom stereocenters. The maximum absolute atomic E-state index is 8.06. The molecule has 20 heavy (non-hydrogen) atoms. The Balaban J connectivity index is -0.00000000167. The van der Waals surface area contributed by atoms with Gasteiger partial charge in [0.2, 0.25) is 0 Å². The van der Waals surface area contributed by atoms with E-state index in [0.29, 0.717) is 0 Å². The Morgan fingerprint density at radius 1 is 0.450 bits per heavy atom. The van der Waals surface area contributed by atoms with Gasteiger partial charge in [-0.25, -0.2) is 0 Å². The van der Waals surface area contributed by atoms with Crippen molar-refractivity contribution >= 4 is 0 Å². The van der Waals surface area contributed by atoms with Crippen molar-refractivity contribution in [2.45, 2.75) is 22.3 Å². The molecule has 0 aromatic rings. The van der Waals surface area contributed by atoms with Gasteiger partial charge >= 0.3 is 48.6 Å². The molecule has 3 radical (unpaired) electrons. The van der Waals surface area contributed by atoms with Gasteiger partial charge in [0, 0.05) is 87.0 Å². The van der Waals surface area contributed by atoms with Crippen LogP contribution in [0.5, 0.6) is 0 Å².